The number of aromatic hydroxyl groups is 1. The number of furan rings is 1. The van der Waals surface area contributed by atoms with E-state index in [0.29, 0.717) is 16.8 Å². The van der Waals surface area contributed by atoms with Gasteiger partial charge in [-0.3, -0.25) is 0 Å². The lowest BCUT2D eigenvalue weighted by atomic mass is 10.1. The summed E-state index contributed by atoms with van der Waals surface area (Å²) < 4.78 is 9.94. The van der Waals surface area contributed by atoms with E-state index in [0.717, 1.165) is 5.39 Å². The second kappa shape index (κ2) is 2.88. The van der Waals surface area contributed by atoms with Gasteiger partial charge in [-0.15, -0.1) is 0 Å². The van der Waals surface area contributed by atoms with Crippen LogP contribution in [0.25, 0.3) is 22.2 Å². The largest absolute Gasteiger partial charge is 0.480 e. The number of hydrogen-bond acceptors (Lipinski definition) is 4. The van der Waals surface area contributed by atoms with Crippen molar-refractivity contribution < 1.29 is 14.0 Å². The number of hydrogen-bond donors (Lipinski definition) is 1. The topological polar surface area (TPSA) is 59.4 Å². The number of rotatable bonds is 1. The summed E-state index contributed by atoms with van der Waals surface area (Å²) in [6.45, 7) is 0. The first kappa shape index (κ1) is 8.11. The van der Waals surface area contributed by atoms with Crippen LogP contribution in [0.1, 0.15) is 0 Å². The number of fused-ring (bicyclic) bond motifs is 1. The van der Waals surface area contributed by atoms with Crippen LogP contribution in [0.5, 0.6) is 5.95 Å². The molecule has 2 aromatic heterocycles. The molecule has 0 amide bonds. The molecule has 0 fully saturated rings. The van der Waals surface area contributed by atoms with Gasteiger partial charge in [-0.05, 0) is 6.07 Å². The summed E-state index contributed by atoms with van der Waals surface area (Å²) in [4.78, 5) is 0. The molecule has 1 N–H and O–H groups in total. The van der Waals surface area contributed by atoms with Gasteiger partial charge in [-0.2, -0.15) is 0 Å². The quantitative estimate of drug-likeness (QED) is 0.657. The molecule has 0 atom stereocenters. The molecular formula is C11H7NO3. The van der Waals surface area contributed by atoms with Crippen LogP contribution >= 0.6 is 0 Å². The average Bonchev–Trinajstić information content (AvgIpc) is 2.82. The van der Waals surface area contributed by atoms with Gasteiger partial charge in [-0.25, -0.2) is 0 Å². The lowest BCUT2D eigenvalue weighted by Crippen LogP contribution is -1.74. The molecule has 74 valence electrons. The zero-order valence-electron chi connectivity index (χ0n) is 7.68. The standard InChI is InChI=1S/C11H7NO3/c13-11-10(8-5-6-14-12-8)7-3-1-2-4-9(7)15-11/h1-6,13H. The van der Waals surface area contributed by atoms with Crippen LogP contribution in [-0.4, -0.2) is 10.3 Å². The summed E-state index contributed by atoms with van der Waals surface area (Å²) in [5.74, 6) is -0.134. The molecule has 0 saturated heterocycles. The Balaban J connectivity index is 2.39. The Kier molecular flexibility index (Phi) is 1.56. The fourth-order valence-corrected chi connectivity index (χ4v) is 1.62. The van der Waals surface area contributed by atoms with Gasteiger partial charge < -0.3 is 14.0 Å². The van der Waals surface area contributed by atoms with Crippen molar-refractivity contribution in [3.05, 3.63) is 36.6 Å². The number of benzene rings is 1. The van der Waals surface area contributed by atoms with E-state index < -0.39 is 0 Å². The van der Waals surface area contributed by atoms with E-state index in [9.17, 15) is 5.11 Å². The molecule has 3 aromatic rings. The van der Waals surface area contributed by atoms with Crippen molar-refractivity contribution in [3.63, 3.8) is 0 Å². The van der Waals surface area contributed by atoms with Gasteiger partial charge in [0.2, 0.25) is 0 Å². The van der Waals surface area contributed by atoms with Gasteiger partial charge in [0.15, 0.2) is 0 Å². The molecule has 0 spiro atoms. The predicted octanol–water partition coefficient (Wildman–Crippen LogP) is 2.79. The summed E-state index contributed by atoms with van der Waals surface area (Å²) in [7, 11) is 0. The first-order valence-corrected chi connectivity index (χ1v) is 4.47. The van der Waals surface area contributed by atoms with Gasteiger partial charge in [0.05, 0.1) is 5.56 Å². The lowest BCUT2D eigenvalue weighted by Gasteiger charge is -1.90. The Morgan fingerprint density at radius 3 is 2.80 bits per heavy atom. The highest BCUT2D eigenvalue weighted by Gasteiger charge is 2.16. The minimum absolute atomic E-state index is 0.134. The normalized spacial score (nSPS) is 10.9. The van der Waals surface area contributed by atoms with Crippen molar-refractivity contribution in [1.29, 1.82) is 0 Å². The molecular weight excluding hydrogens is 194 g/mol. The van der Waals surface area contributed by atoms with Crippen LogP contribution in [0.4, 0.5) is 0 Å². The predicted molar refractivity (Wildman–Crippen MR) is 53.4 cm³/mol. The van der Waals surface area contributed by atoms with Crippen LogP contribution in [0.3, 0.4) is 0 Å². The highest BCUT2D eigenvalue weighted by atomic mass is 16.5. The Labute approximate surface area is 84.7 Å². The van der Waals surface area contributed by atoms with E-state index in [1.807, 2.05) is 18.2 Å². The molecule has 4 nitrogen and oxygen atoms in total. The van der Waals surface area contributed by atoms with E-state index in [-0.39, 0.29) is 5.95 Å². The Morgan fingerprint density at radius 1 is 1.13 bits per heavy atom. The van der Waals surface area contributed by atoms with Crippen LogP contribution in [-0.2, 0) is 0 Å². The lowest BCUT2D eigenvalue weighted by molar-refractivity contribution is 0.347. The average molecular weight is 201 g/mol. The maximum atomic E-state index is 9.66. The van der Waals surface area contributed by atoms with Gasteiger partial charge >= 0.3 is 0 Å². The van der Waals surface area contributed by atoms with Crippen molar-refractivity contribution in [2.75, 3.05) is 0 Å². The van der Waals surface area contributed by atoms with Gasteiger partial charge in [0.25, 0.3) is 5.95 Å². The minimum Gasteiger partial charge on any atom is -0.480 e. The SMILES string of the molecule is Oc1oc2ccccc2c1-c1ccon1. The van der Waals surface area contributed by atoms with E-state index in [1.54, 1.807) is 12.1 Å². The van der Waals surface area contributed by atoms with E-state index in [4.69, 9.17) is 8.94 Å². The number of aromatic nitrogens is 1. The third-order valence-electron chi connectivity index (χ3n) is 2.27. The smallest absolute Gasteiger partial charge is 0.292 e. The highest BCUT2D eigenvalue weighted by Crippen LogP contribution is 2.37. The molecule has 0 bridgehead atoms. The Hall–Kier alpha value is -2.23. The molecule has 15 heavy (non-hydrogen) atoms. The molecule has 0 aliphatic heterocycles. The minimum atomic E-state index is -0.134. The maximum absolute atomic E-state index is 9.66. The van der Waals surface area contributed by atoms with Crippen LogP contribution in [0, 0.1) is 0 Å². The van der Waals surface area contributed by atoms with Gasteiger partial charge in [-0.1, -0.05) is 23.4 Å². The summed E-state index contributed by atoms with van der Waals surface area (Å²) in [6, 6.07) is 9.05. The first-order chi connectivity index (χ1) is 7.36. The van der Waals surface area contributed by atoms with Crippen molar-refractivity contribution in [3.8, 4) is 17.2 Å². The Bertz CT molecular complexity index is 595. The van der Waals surface area contributed by atoms with Crippen molar-refractivity contribution in [2.24, 2.45) is 0 Å². The second-order valence-electron chi connectivity index (χ2n) is 3.16. The molecule has 2 heterocycles. The summed E-state index contributed by atoms with van der Waals surface area (Å²) in [6.07, 6.45) is 1.45. The number of nitrogens with zero attached hydrogens (tertiary/aromatic N) is 1. The third kappa shape index (κ3) is 1.11. The molecule has 0 aliphatic rings. The third-order valence-corrected chi connectivity index (χ3v) is 2.27. The molecule has 0 radical (unpaired) electrons. The first-order valence-electron chi connectivity index (χ1n) is 4.47. The maximum Gasteiger partial charge on any atom is 0.292 e. The number of para-hydroxylation sites is 1. The summed E-state index contributed by atoms with van der Waals surface area (Å²) in [5, 5.41) is 14.3. The van der Waals surface area contributed by atoms with E-state index >= 15 is 0 Å². The fourth-order valence-electron chi connectivity index (χ4n) is 1.62. The summed E-state index contributed by atoms with van der Waals surface area (Å²) >= 11 is 0. The van der Waals surface area contributed by atoms with Gasteiger partial charge in [0, 0.05) is 11.5 Å². The van der Waals surface area contributed by atoms with Crippen LogP contribution < -0.4 is 0 Å². The van der Waals surface area contributed by atoms with Gasteiger partial charge in [0.1, 0.15) is 17.5 Å². The van der Waals surface area contributed by atoms with E-state index in [1.165, 1.54) is 6.26 Å². The monoisotopic (exact) mass is 201 g/mol. The molecule has 0 saturated carbocycles. The fraction of sp³-hybridized carbons (Fsp3) is 0. The van der Waals surface area contributed by atoms with Crippen molar-refractivity contribution in [1.82, 2.24) is 5.16 Å². The van der Waals surface area contributed by atoms with Crippen LogP contribution in [0.2, 0.25) is 0 Å². The molecule has 3 rings (SSSR count). The van der Waals surface area contributed by atoms with E-state index in [2.05, 4.69) is 5.16 Å². The Morgan fingerprint density at radius 2 is 2.00 bits per heavy atom. The van der Waals surface area contributed by atoms with Crippen molar-refractivity contribution >= 4 is 11.0 Å². The molecule has 4 heteroatoms. The van der Waals surface area contributed by atoms with Crippen LogP contribution in [0.15, 0.2) is 45.5 Å². The molecule has 0 unspecified atom stereocenters. The highest BCUT2D eigenvalue weighted by molar-refractivity contribution is 5.95. The van der Waals surface area contributed by atoms with Crippen molar-refractivity contribution in [2.45, 2.75) is 0 Å². The second-order valence-corrected chi connectivity index (χ2v) is 3.16. The zero-order chi connectivity index (χ0) is 10.3. The molecule has 0 aliphatic carbocycles. The zero-order valence-corrected chi connectivity index (χ0v) is 7.68. The molecule has 1 aromatic carbocycles. The summed E-state index contributed by atoms with van der Waals surface area (Å²) in [5.41, 5.74) is 1.77.